The van der Waals surface area contributed by atoms with Crippen LogP contribution in [0.3, 0.4) is 0 Å². The molecule has 3 fully saturated rings. The molecule has 0 spiro atoms. The van der Waals surface area contributed by atoms with E-state index in [1.807, 2.05) is 29.2 Å². The molecule has 3 aliphatic heterocycles. The lowest BCUT2D eigenvalue weighted by atomic mass is 9.94. The molecule has 2 aromatic carbocycles. The number of piperidine rings is 1. The number of ether oxygens (including phenoxy) is 1. The Morgan fingerprint density at radius 1 is 1.00 bits per heavy atom. The zero-order valence-corrected chi connectivity index (χ0v) is 21.1. The highest BCUT2D eigenvalue weighted by molar-refractivity contribution is 5.94. The molecule has 3 saturated heterocycles. The Morgan fingerprint density at radius 2 is 1.77 bits per heavy atom. The van der Waals surface area contributed by atoms with E-state index >= 15 is 0 Å². The minimum Gasteiger partial charge on any atom is -0.497 e. The molecule has 35 heavy (non-hydrogen) atoms. The van der Waals surface area contributed by atoms with Gasteiger partial charge in [0.1, 0.15) is 5.75 Å². The molecule has 5 heteroatoms. The number of nitrogens with zero attached hydrogens (tertiary/aromatic N) is 3. The van der Waals surface area contributed by atoms with Gasteiger partial charge in [-0.25, -0.2) is 0 Å². The van der Waals surface area contributed by atoms with E-state index in [-0.39, 0.29) is 11.9 Å². The highest BCUT2D eigenvalue weighted by Crippen LogP contribution is 2.41. The van der Waals surface area contributed by atoms with Gasteiger partial charge < -0.3 is 9.64 Å². The van der Waals surface area contributed by atoms with Crippen molar-refractivity contribution in [2.45, 2.75) is 56.7 Å². The van der Waals surface area contributed by atoms with E-state index in [0.29, 0.717) is 12.1 Å². The third-order valence-corrected chi connectivity index (χ3v) is 8.14. The van der Waals surface area contributed by atoms with Crippen molar-refractivity contribution in [3.05, 3.63) is 77.9 Å². The average molecular weight is 474 g/mol. The summed E-state index contributed by atoms with van der Waals surface area (Å²) in [7, 11) is 1.73. The second-order valence-electron chi connectivity index (χ2n) is 10.3. The first-order valence-electron chi connectivity index (χ1n) is 13.3. The Hall–Kier alpha value is -2.63. The average Bonchev–Trinajstić information content (AvgIpc) is 3.20. The number of rotatable bonds is 7. The summed E-state index contributed by atoms with van der Waals surface area (Å²) < 4.78 is 5.60. The Morgan fingerprint density at radius 3 is 2.51 bits per heavy atom. The number of hydrogen-bond donors (Lipinski definition) is 0. The maximum atomic E-state index is 13.1. The lowest BCUT2D eigenvalue weighted by molar-refractivity contribution is 0.0724. The fourth-order valence-corrected chi connectivity index (χ4v) is 6.39. The molecule has 2 bridgehead atoms. The second kappa shape index (κ2) is 11.0. The van der Waals surface area contributed by atoms with E-state index < -0.39 is 0 Å². The number of fused-ring (bicyclic) bond motifs is 2. The topological polar surface area (TPSA) is 36.0 Å². The normalized spacial score (nSPS) is 24.1. The highest BCUT2D eigenvalue weighted by Gasteiger charge is 2.42. The van der Waals surface area contributed by atoms with Crippen molar-refractivity contribution in [2.75, 3.05) is 39.8 Å². The molecule has 0 radical (unpaired) electrons. The van der Waals surface area contributed by atoms with E-state index in [0.717, 1.165) is 56.9 Å². The number of methoxy groups -OCH3 is 1. The summed E-state index contributed by atoms with van der Waals surface area (Å²) in [6, 6.07) is 18.2. The summed E-state index contributed by atoms with van der Waals surface area (Å²) in [5, 5.41) is 0. The number of hydrogen-bond acceptors (Lipinski definition) is 4. The summed E-state index contributed by atoms with van der Waals surface area (Å²) in [6.45, 7) is 8.89. The standard InChI is InChI=1S/C30H39N3O2/c1-3-17-31-20-16-26-14-15-27(22-31)33(26)29(25-8-7-9-28(21-25)35-2)23-10-12-24(13-11-23)30(34)32-18-5-4-6-19-32/h3,7-13,21,26-27,29H,1,4-6,14-20,22H2,2H3. The Labute approximate surface area is 210 Å². The van der Waals surface area contributed by atoms with Crippen molar-refractivity contribution in [2.24, 2.45) is 0 Å². The van der Waals surface area contributed by atoms with E-state index in [2.05, 4.69) is 46.7 Å². The van der Waals surface area contributed by atoms with Gasteiger partial charge in [0.25, 0.3) is 5.91 Å². The minimum absolute atomic E-state index is 0.144. The van der Waals surface area contributed by atoms with Gasteiger partial charge in [0.05, 0.1) is 13.2 Å². The zero-order valence-electron chi connectivity index (χ0n) is 21.1. The van der Waals surface area contributed by atoms with E-state index in [1.54, 1.807) is 7.11 Å². The van der Waals surface area contributed by atoms with E-state index in [4.69, 9.17) is 4.74 Å². The quantitative estimate of drug-likeness (QED) is 0.522. The van der Waals surface area contributed by atoms with Crippen LogP contribution in [0.5, 0.6) is 5.75 Å². The van der Waals surface area contributed by atoms with Crippen LogP contribution >= 0.6 is 0 Å². The first-order chi connectivity index (χ1) is 17.2. The lowest BCUT2D eigenvalue weighted by Crippen LogP contribution is -2.42. The Balaban J connectivity index is 1.47. The van der Waals surface area contributed by atoms with Crippen molar-refractivity contribution >= 4 is 5.91 Å². The molecule has 2 aromatic rings. The van der Waals surface area contributed by atoms with Crippen molar-refractivity contribution < 1.29 is 9.53 Å². The van der Waals surface area contributed by atoms with Gasteiger partial charge in [0, 0.05) is 50.4 Å². The van der Waals surface area contributed by atoms with Gasteiger partial charge in [-0.1, -0.05) is 30.3 Å². The maximum absolute atomic E-state index is 13.1. The molecule has 0 aliphatic carbocycles. The summed E-state index contributed by atoms with van der Waals surface area (Å²) in [6.07, 6.45) is 9.14. The molecule has 3 heterocycles. The zero-order chi connectivity index (χ0) is 24.2. The van der Waals surface area contributed by atoms with Crippen molar-refractivity contribution in [1.29, 1.82) is 0 Å². The van der Waals surface area contributed by atoms with Crippen molar-refractivity contribution in [3.8, 4) is 5.75 Å². The molecule has 3 unspecified atom stereocenters. The van der Waals surface area contributed by atoms with Crippen LogP contribution in [0.2, 0.25) is 0 Å². The van der Waals surface area contributed by atoms with Gasteiger partial charge in [-0.2, -0.15) is 0 Å². The van der Waals surface area contributed by atoms with Gasteiger partial charge in [-0.3, -0.25) is 14.6 Å². The highest BCUT2D eigenvalue weighted by atomic mass is 16.5. The first-order valence-corrected chi connectivity index (χ1v) is 13.3. The number of likely N-dealkylation sites (tertiary alicyclic amines) is 2. The third-order valence-electron chi connectivity index (χ3n) is 8.14. The summed E-state index contributed by atoms with van der Waals surface area (Å²) >= 11 is 0. The SMILES string of the molecule is C=CCN1CCC2CCC(C1)N2C(c1ccc(C(=O)N2CCCCC2)cc1)c1cccc(OC)c1. The fraction of sp³-hybridized carbons (Fsp3) is 0.500. The third kappa shape index (κ3) is 5.17. The number of carbonyl (C=O) groups excluding carboxylic acids is 1. The smallest absolute Gasteiger partial charge is 0.253 e. The van der Waals surface area contributed by atoms with Crippen molar-refractivity contribution in [3.63, 3.8) is 0 Å². The molecular formula is C30H39N3O2. The van der Waals surface area contributed by atoms with Crippen LogP contribution in [0.1, 0.15) is 66.1 Å². The monoisotopic (exact) mass is 473 g/mol. The molecule has 0 aromatic heterocycles. The fourth-order valence-electron chi connectivity index (χ4n) is 6.39. The largest absolute Gasteiger partial charge is 0.497 e. The Bertz CT molecular complexity index is 1010. The predicted molar refractivity (Wildman–Crippen MR) is 141 cm³/mol. The molecule has 186 valence electrons. The summed E-state index contributed by atoms with van der Waals surface area (Å²) in [5.74, 6) is 1.06. The second-order valence-corrected chi connectivity index (χ2v) is 10.3. The molecule has 0 N–H and O–H groups in total. The molecule has 5 nitrogen and oxygen atoms in total. The minimum atomic E-state index is 0.144. The Kier molecular flexibility index (Phi) is 7.54. The lowest BCUT2D eigenvalue weighted by Gasteiger charge is -2.37. The maximum Gasteiger partial charge on any atom is 0.253 e. The van der Waals surface area contributed by atoms with Gasteiger partial charge in [-0.05, 0) is 73.9 Å². The van der Waals surface area contributed by atoms with Gasteiger partial charge in [0.15, 0.2) is 0 Å². The van der Waals surface area contributed by atoms with Crippen LogP contribution in [0.4, 0.5) is 0 Å². The van der Waals surface area contributed by atoms with Gasteiger partial charge >= 0.3 is 0 Å². The van der Waals surface area contributed by atoms with Gasteiger partial charge in [-0.15, -0.1) is 6.58 Å². The van der Waals surface area contributed by atoms with Gasteiger partial charge in [0.2, 0.25) is 0 Å². The summed E-state index contributed by atoms with van der Waals surface area (Å²) in [5.41, 5.74) is 3.31. The van der Waals surface area contributed by atoms with Crippen LogP contribution in [-0.2, 0) is 0 Å². The molecule has 0 saturated carbocycles. The van der Waals surface area contributed by atoms with E-state index in [9.17, 15) is 4.79 Å². The molecule has 1 amide bonds. The van der Waals surface area contributed by atoms with Crippen molar-refractivity contribution in [1.82, 2.24) is 14.7 Å². The first kappa shape index (κ1) is 24.1. The molecule has 3 aliphatic rings. The van der Waals surface area contributed by atoms with Crippen LogP contribution in [0.25, 0.3) is 0 Å². The van der Waals surface area contributed by atoms with Crippen LogP contribution in [0, 0.1) is 0 Å². The van der Waals surface area contributed by atoms with Crippen LogP contribution < -0.4 is 4.74 Å². The predicted octanol–water partition coefficient (Wildman–Crippen LogP) is 5.14. The van der Waals surface area contributed by atoms with E-state index in [1.165, 1.54) is 36.8 Å². The number of benzene rings is 2. The number of carbonyl (C=O) groups is 1. The summed E-state index contributed by atoms with van der Waals surface area (Å²) in [4.78, 5) is 20.4. The number of amides is 1. The molecule has 5 rings (SSSR count). The van der Waals surface area contributed by atoms with Crippen LogP contribution in [-0.4, -0.2) is 72.5 Å². The molecule has 3 atom stereocenters. The molecular weight excluding hydrogens is 434 g/mol. The van der Waals surface area contributed by atoms with Crippen LogP contribution in [0.15, 0.2) is 61.2 Å².